The first kappa shape index (κ1) is 43.3. The minimum atomic E-state index is -0.554. The minimum absolute atomic E-state index is 0.514. The third-order valence-corrected chi connectivity index (χ3v) is 20.7. The fourth-order valence-electron chi connectivity index (χ4n) is 15.8. The molecule has 3 heteroatoms. The Morgan fingerprint density at radius 2 is 0.500 bits per heavy atom. The molecular weight excluding hydrogens is 979 g/mol. The number of anilines is 3. The molecule has 0 unspecified atom stereocenters. The maximum Gasteiger partial charge on any atom is 0.0736 e. The van der Waals surface area contributed by atoms with E-state index < -0.39 is 16.2 Å². The molecule has 0 bridgehead atoms. The number of nitrogens with zero attached hydrogens (tertiary/aromatic N) is 1. The van der Waals surface area contributed by atoms with Crippen molar-refractivity contribution in [1.82, 2.24) is 0 Å². The predicted octanol–water partition coefficient (Wildman–Crippen LogP) is 19.2. The highest BCUT2D eigenvalue weighted by atomic mass is 32.2. The lowest BCUT2D eigenvalue weighted by Crippen LogP contribution is -2.32. The molecule has 362 valence electrons. The smallest absolute Gasteiger partial charge is 0.0736 e. The zero-order valence-electron chi connectivity index (χ0n) is 42.2. The van der Waals surface area contributed by atoms with Gasteiger partial charge in [0.15, 0.2) is 0 Å². The largest absolute Gasteiger partial charge is 0.309 e. The van der Waals surface area contributed by atoms with Gasteiger partial charge in [0.05, 0.1) is 27.6 Å². The fourth-order valence-corrected chi connectivity index (χ4v) is 18.2. The maximum absolute atomic E-state index is 2.68. The summed E-state index contributed by atoms with van der Waals surface area (Å²) < 4.78 is 0. The molecule has 0 saturated heterocycles. The quantitative estimate of drug-likeness (QED) is 0.174. The van der Waals surface area contributed by atoms with Crippen molar-refractivity contribution in [3.05, 3.63) is 340 Å². The lowest BCUT2D eigenvalue weighted by Gasteiger charge is -2.40. The molecular formula is C75H45NS2. The van der Waals surface area contributed by atoms with E-state index in [0.29, 0.717) is 0 Å². The van der Waals surface area contributed by atoms with Crippen molar-refractivity contribution in [1.29, 1.82) is 0 Å². The zero-order valence-corrected chi connectivity index (χ0v) is 43.9. The molecule has 12 aromatic rings. The number of benzene rings is 12. The van der Waals surface area contributed by atoms with E-state index in [4.69, 9.17) is 0 Å². The number of hydrogen-bond acceptors (Lipinski definition) is 3. The van der Waals surface area contributed by atoms with Gasteiger partial charge in [-0.05, 0) is 149 Å². The normalized spacial score (nSPS) is 15.4. The second-order valence-electron chi connectivity index (χ2n) is 21.6. The molecule has 0 aromatic heterocycles. The van der Waals surface area contributed by atoms with Crippen LogP contribution in [0.15, 0.2) is 293 Å². The first-order valence-electron chi connectivity index (χ1n) is 27.2. The Kier molecular flexibility index (Phi) is 8.68. The van der Waals surface area contributed by atoms with Crippen LogP contribution in [0, 0.1) is 0 Å². The summed E-state index contributed by atoms with van der Waals surface area (Å²) in [7, 11) is 0. The topological polar surface area (TPSA) is 3.24 Å². The summed E-state index contributed by atoms with van der Waals surface area (Å²) >= 11 is 3.80. The summed E-state index contributed by atoms with van der Waals surface area (Å²) in [4.78, 5) is 7.88. The van der Waals surface area contributed by atoms with E-state index in [1.165, 1.54) is 131 Å². The van der Waals surface area contributed by atoms with Crippen molar-refractivity contribution >= 4 is 40.6 Å². The summed E-state index contributed by atoms with van der Waals surface area (Å²) in [5.41, 5.74) is 28.1. The Hall–Kier alpha value is -8.86. The molecule has 78 heavy (non-hydrogen) atoms. The van der Waals surface area contributed by atoms with Gasteiger partial charge in [-0.1, -0.05) is 248 Å². The lowest BCUT2D eigenvalue weighted by atomic mass is 9.67. The lowest BCUT2D eigenvalue weighted by molar-refractivity contribution is 0.722. The average Bonchev–Trinajstić information content (AvgIpc) is 3.12. The first-order chi connectivity index (χ1) is 38.7. The van der Waals surface area contributed by atoms with Gasteiger partial charge in [0.2, 0.25) is 0 Å². The van der Waals surface area contributed by atoms with Gasteiger partial charge in [-0.25, -0.2) is 0 Å². The maximum atomic E-state index is 2.68. The van der Waals surface area contributed by atoms with Gasteiger partial charge in [-0.2, -0.15) is 0 Å². The molecule has 0 saturated carbocycles. The van der Waals surface area contributed by atoms with Crippen LogP contribution in [0.25, 0.3) is 44.5 Å². The average molecular weight is 1020 g/mol. The van der Waals surface area contributed by atoms with Crippen LogP contribution in [0.4, 0.5) is 17.1 Å². The van der Waals surface area contributed by atoms with Crippen molar-refractivity contribution < 1.29 is 0 Å². The van der Waals surface area contributed by atoms with E-state index >= 15 is 0 Å². The molecule has 18 rings (SSSR count). The Labute approximate surface area is 462 Å². The molecule has 2 aliphatic heterocycles. The monoisotopic (exact) mass is 1020 g/mol. The van der Waals surface area contributed by atoms with Crippen LogP contribution in [0.5, 0.6) is 0 Å². The highest BCUT2D eigenvalue weighted by molar-refractivity contribution is 7.99. The SMILES string of the molecule is c1ccc2c(c1)Sc1ccccc1C21c2ccccc2-c2ccc(N(c3cccc4c3-c3ccccc3C43c4ccccc4Sc4ccccc43)c3cccc4c3-c3ccccc3C43c4ccccc4-c4ccccc43)cc21. The highest BCUT2D eigenvalue weighted by Gasteiger charge is 2.55. The van der Waals surface area contributed by atoms with Crippen molar-refractivity contribution in [3.63, 3.8) is 0 Å². The molecule has 4 aliphatic carbocycles. The van der Waals surface area contributed by atoms with Gasteiger partial charge in [0.25, 0.3) is 0 Å². The van der Waals surface area contributed by atoms with Crippen LogP contribution in [-0.4, -0.2) is 0 Å². The molecule has 0 N–H and O–H groups in total. The third-order valence-electron chi connectivity index (χ3n) is 18.4. The molecule has 3 spiro atoms. The van der Waals surface area contributed by atoms with E-state index in [1.807, 2.05) is 23.5 Å². The van der Waals surface area contributed by atoms with E-state index in [2.05, 4.69) is 278 Å². The Bertz CT molecular complexity index is 4480. The van der Waals surface area contributed by atoms with E-state index in [-0.39, 0.29) is 0 Å². The number of rotatable bonds is 3. The van der Waals surface area contributed by atoms with Crippen LogP contribution in [-0.2, 0) is 16.2 Å². The van der Waals surface area contributed by atoms with E-state index in [0.717, 1.165) is 17.1 Å². The van der Waals surface area contributed by atoms with Gasteiger partial charge in [0.1, 0.15) is 0 Å². The first-order valence-corrected chi connectivity index (χ1v) is 28.8. The van der Waals surface area contributed by atoms with Crippen molar-refractivity contribution in [3.8, 4) is 44.5 Å². The second-order valence-corrected chi connectivity index (χ2v) is 23.8. The predicted molar refractivity (Wildman–Crippen MR) is 320 cm³/mol. The zero-order chi connectivity index (χ0) is 50.9. The molecule has 0 amide bonds. The minimum Gasteiger partial charge on any atom is -0.309 e. The van der Waals surface area contributed by atoms with Crippen LogP contribution >= 0.6 is 23.5 Å². The Morgan fingerprint density at radius 1 is 0.218 bits per heavy atom. The van der Waals surface area contributed by atoms with Gasteiger partial charge in [0, 0.05) is 36.4 Å². The van der Waals surface area contributed by atoms with Crippen LogP contribution in [0.2, 0.25) is 0 Å². The van der Waals surface area contributed by atoms with Crippen molar-refractivity contribution in [2.24, 2.45) is 0 Å². The van der Waals surface area contributed by atoms with Crippen LogP contribution < -0.4 is 4.90 Å². The van der Waals surface area contributed by atoms with E-state index in [1.54, 1.807) is 0 Å². The van der Waals surface area contributed by atoms with Crippen molar-refractivity contribution in [2.75, 3.05) is 4.90 Å². The summed E-state index contributed by atoms with van der Waals surface area (Å²) in [5.74, 6) is 0. The molecule has 1 nitrogen and oxygen atoms in total. The number of fused-ring (bicyclic) bond motifs is 28. The molecule has 0 atom stereocenters. The summed E-state index contributed by atoms with van der Waals surface area (Å²) in [6.07, 6.45) is 0. The van der Waals surface area contributed by atoms with Gasteiger partial charge in [-0.15, -0.1) is 0 Å². The summed E-state index contributed by atoms with van der Waals surface area (Å²) in [6, 6.07) is 105. The Morgan fingerprint density at radius 3 is 0.897 bits per heavy atom. The summed E-state index contributed by atoms with van der Waals surface area (Å²) in [6.45, 7) is 0. The Balaban J connectivity index is 0.982. The molecule has 0 radical (unpaired) electrons. The highest BCUT2D eigenvalue weighted by Crippen LogP contribution is 2.69. The third kappa shape index (κ3) is 5.14. The second kappa shape index (κ2) is 15.6. The standard InChI is InChI=1S/C75H45NS2/c1-6-26-53-47(21-1)48-22-2-7-27-54(48)73(53)56-29-9-4-24-51(56)71-62(73)35-19-37-65(71)76(46-43-44-50-49-23-3-8-28-55(49)75(64(50)45-46)60-33-13-17-41-69(60)78-70-42-18-14-34-61(70)75)66-38-20-36-63-72(66)52-25-5-10-30-57(52)74(63)58-31-11-15-39-67(58)77-68-40-16-12-32-59(68)74/h1-45H. The molecule has 0 fully saturated rings. The molecule has 2 heterocycles. The van der Waals surface area contributed by atoms with Gasteiger partial charge >= 0.3 is 0 Å². The van der Waals surface area contributed by atoms with Gasteiger partial charge < -0.3 is 4.90 Å². The van der Waals surface area contributed by atoms with Crippen LogP contribution in [0.3, 0.4) is 0 Å². The number of hydrogen-bond donors (Lipinski definition) is 0. The molecule has 6 aliphatic rings. The van der Waals surface area contributed by atoms with E-state index in [9.17, 15) is 0 Å². The van der Waals surface area contributed by atoms with Crippen molar-refractivity contribution in [2.45, 2.75) is 35.8 Å². The van der Waals surface area contributed by atoms with Crippen LogP contribution in [0.1, 0.15) is 66.8 Å². The van der Waals surface area contributed by atoms with Gasteiger partial charge in [-0.3, -0.25) is 0 Å². The fraction of sp³-hybridized carbons (Fsp3) is 0.0400. The molecule has 12 aromatic carbocycles. The summed E-state index contributed by atoms with van der Waals surface area (Å²) in [5, 5.41) is 0.